The normalized spacial score (nSPS) is 12.2. The van der Waals surface area contributed by atoms with Crippen LogP contribution in [0.15, 0.2) is 48.5 Å². The Hall–Kier alpha value is -4.10. The molecule has 3 aromatic rings. The second-order valence-corrected chi connectivity index (χ2v) is 6.96. The van der Waals surface area contributed by atoms with Gasteiger partial charge in [0.05, 0.1) is 24.8 Å². The molecule has 1 aliphatic rings. The van der Waals surface area contributed by atoms with E-state index in [-0.39, 0.29) is 19.0 Å². The highest BCUT2D eigenvalue weighted by Gasteiger charge is 2.23. The number of methoxy groups -OCH3 is 1. The molecular weight excluding hydrogens is 378 g/mol. The van der Waals surface area contributed by atoms with Crippen LogP contribution in [0.1, 0.15) is 15.9 Å². The number of carbonyl (C=O) groups is 1. The number of hydrogen-bond donors (Lipinski definition) is 0. The second-order valence-electron chi connectivity index (χ2n) is 6.96. The van der Waals surface area contributed by atoms with Gasteiger partial charge in [-0.2, -0.15) is 10.5 Å². The molecule has 4 rings (SSSR count). The molecule has 0 aliphatic carbocycles. The van der Waals surface area contributed by atoms with Gasteiger partial charge in [-0.3, -0.25) is 4.79 Å². The average Bonchev–Trinajstić information content (AvgIpc) is 3.19. The van der Waals surface area contributed by atoms with Crippen LogP contribution >= 0.6 is 0 Å². The number of nitriles is 2. The Balaban J connectivity index is 1.62. The summed E-state index contributed by atoms with van der Waals surface area (Å²) in [6.45, 7) is 0.570. The number of hydrogen-bond acceptors (Lipinski definition) is 6. The van der Waals surface area contributed by atoms with Crippen molar-refractivity contribution >= 4 is 28.3 Å². The van der Waals surface area contributed by atoms with Gasteiger partial charge in [-0.1, -0.05) is 0 Å². The molecule has 2 heterocycles. The smallest absolute Gasteiger partial charge is 0.255 e. The average molecular weight is 397 g/mol. The van der Waals surface area contributed by atoms with Crippen molar-refractivity contribution in [1.29, 1.82) is 10.5 Å². The molecule has 0 unspecified atom stereocenters. The van der Waals surface area contributed by atoms with Crippen LogP contribution in [0, 0.1) is 22.7 Å². The van der Waals surface area contributed by atoms with E-state index in [1.165, 1.54) is 10.5 Å². The van der Waals surface area contributed by atoms with Crippen LogP contribution in [-0.4, -0.2) is 42.5 Å². The highest BCUT2D eigenvalue weighted by atomic mass is 16.5. The van der Waals surface area contributed by atoms with Gasteiger partial charge < -0.3 is 14.5 Å². The van der Waals surface area contributed by atoms with Crippen molar-refractivity contribution in [2.24, 2.45) is 0 Å². The molecule has 148 valence electrons. The van der Waals surface area contributed by atoms with Crippen molar-refractivity contribution in [3.8, 4) is 17.9 Å². The summed E-state index contributed by atoms with van der Waals surface area (Å²) in [6, 6.07) is 19.1. The maximum Gasteiger partial charge on any atom is 0.255 e. The van der Waals surface area contributed by atoms with Crippen molar-refractivity contribution in [3.63, 3.8) is 0 Å². The van der Waals surface area contributed by atoms with Crippen LogP contribution in [0.2, 0.25) is 0 Å². The zero-order valence-corrected chi connectivity index (χ0v) is 16.5. The molecule has 0 N–H and O–H groups in total. The summed E-state index contributed by atoms with van der Waals surface area (Å²) in [7, 11) is 1.64. The minimum atomic E-state index is -0.331. The Kier molecular flexibility index (Phi) is 5.19. The van der Waals surface area contributed by atoms with Crippen LogP contribution in [0.25, 0.3) is 10.9 Å². The molecule has 2 aromatic carbocycles. The molecular formula is C23H19N5O2. The van der Waals surface area contributed by atoms with E-state index in [1.807, 2.05) is 42.5 Å². The van der Waals surface area contributed by atoms with Crippen molar-refractivity contribution < 1.29 is 9.53 Å². The molecule has 0 fully saturated rings. The van der Waals surface area contributed by atoms with Gasteiger partial charge >= 0.3 is 0 Å². The third-order valence-electron chi connectivity index (χ3n) is 5.18. The summed E-state index contributed by atoms with van der Waals surface area (Å²) in [5, 5.41) is 18.8. The number of ether oxygens (including phenoxy) is 1. The minimum Gasteiger partial charge on any atom is -0.497 e. The van der Waals surface area contributed by atoms with Crippen LogP contribution in [-0.2, 0) is 6.42 Å². The molecule has 1 aliphatic heterocycles. The van der Waals surface area contributed by atoms with Gasteiger partial charge in [0.15, 0.2) is 0 Å². The van der Waals surface area contributed by atoms with Gasteiger partial charge in [0.2, 0.25) is 0 Å². The number of anilines is 2. The number of nitrogens with zero attached hydrogens (tertiary/aromatic N) is 5. The Bertz CT molecular complexity index is 1180. The maximum absolute atomic E-state index is 12.5. The zero-order chi connectivity index (χ0) is 21.1. The van der Waals surface area contributed by atoms with Gasteiger partial charge in [-0.25, -0.2) is 4.98 Å². The highest BCUT2D eigenvalue weighted by molar-refractivity contribution is 5.95. The standard InChI is InChI=1S/C23H19N5O2/c1-30-20-7-4-17-14-18-8-11-28(22(18)26-21(17)15-20)19-5-2-16(3-6-19)23(29)27(12-9-24)13-10-25/h2-7,14-15H,8,11-13H2,1H3. The van der Waals surface area contributed by atoms with E-state index in [9.17, 15) is 4.79 Å². The zero-order valence-electron chi connectivity index (χ0n) is 16.5. The first-order valence-electron chi connectivity index (χ1n) is 9.53. The van der Waals surface area contributed by atoms with E-state index in [2.05, 4.69) is 11.0 Å². The predicted molar refractivity (Wildman–Crippen MR) is 113 cm³/mol. The SMILES string of the molecule is COc1ccc2cc3c(nc2c1)N(c1ccc(C(=O)N(CC#N)CC#N)cc1)CC3. The Morgan fingerprint density at radius 2 is 1.87 bits per heavy atom. The molecule has 0 saturated heterocycles. The fourth-order valence-corrected chi connectivity index (χ4v) is 3.65. The van der Waals surface area contributed by atoms with E-state index < -0.39 is 0 Å². The maximum atomic E-state index is 12.5. The predicted octanol–water partition coefficient (Wildman–Crippen LogP) is 3.43. The number of carbonyl (C=O) groups excluding carboxylic acids is 1. The lowest BCUT2D eigenvalue weighted by molar-refractivity contribution is 0.0794. The molecule has 1 amide bonds. The molecule has 0 spiro atoms. The number of aromatic nitrogens is 1. The Labute approximate surface area is 174 Å². The summed E-state index contributed by atoms with van der Waals surface area (Å²) in [5.41, 5.74) is 3.43. The number of benzene rings is 2. The monoisotopic (exact) mass is 397 g/mol. The Morgan fingerprint density at radius 3 is 2.53 bits per heavy atom. The van der Waals surface area contributed by atoms with Gasteiger partial charge in [0.25, 0.3) is 5.91 Å². The van der Waals surface area contributed by atoms with Gasteiger partial charge in [-0.05, 0) is 54.4 Å². The molecule has 30 heavy (non-hydrogen) atoms. The lowest BCUT2D eigenvalue weighted by Gasteiger charge is -2.20. The fourth-order valence-electron chi connectivity index (χ4n) is 3.65. The first-order valence-corrected chi connectivity index (χ1v) is 9.53. The third-order valence-corrected chi connectivity index (χ3v) is 5.18. The van der Waals surface area contributed by atoms with E-state index in [1.54, 1.807) is 19.2 Å². The van der Waals surface area contributed by atoms with Crippen LogP contribution in [0.5, 0.6) is 5.75 Å². The molecule has 7 heteroatoms. The minimum absolute atomic E-state index is 0.117. The van der Waals surface area contributed by atoms with Crippen LogP contribution in [0.3, 0.4) is 0 Å². The molecule has 0 atom stereocenters. The van der Waals surface area contributed by atoms with Crippen molar-refractivity contribution in [2.75, 3.05) is 31.6 Å². The largest absolute Gasteiger partial charge is 0.497 e. The third kappa shape index (κ3) is 3.49. The van der Waals surface area contributed by atoms with Gasteiger partial charge in [0, 0.05) is 29.2 Å². The van der Waals surface area contributed by atoms with E-state index in [4.69, 9.17) is 20.2 Å². The van der Waals surface area contributed by atoms with Gasteiger partial charge in [-0.15, -0.1) is 0 Å². The Morgan fingerprint density at radius 1 is 1.13 bits per heavy atom. The highest BCUT2D eigenvalue weighted by Crippen LogP contribution is 2.35. The molecule has 1 aromatic heterocycles. The number of pyridine rings is 1. The van der Waals surface area contributed by atoms with Crippen molar-refractivity contribution in [3.05, 3.63) is 59.7 Å². The van der Waals surface area contributed by atoms with E-state index >= 15 is 0 Å². The summed E-state index contributed by atoms with van der Waals surface area (Å²) in [4.78, 5) is 20.8. The summed E-state index contributed by atoms with van der Waals surface area (Å²) in [5.74, 6) is 1.34. The summed E-state index contributed by atoms with van der Waals surface area (Å²) >= 11 is 0. The summed E-state index contributed by atoms with van der Waals surface area (Å²) < 4.78 is 5.31. The van der Waals surface area contributed by atoms with Crippen molar-refractivity contribution in [2.45, 2.75) is 6.42 Å². The summed E-state index contributed by atoms with van der Waals surface area (Å²) in [6.07, 6.45) is 0.892. The molecule has 0 bridgehead atoms. The first-order chi connectivity index (χ1) is 14.6. The first kappa shape index (κ1) is 19.2. The van der Waals surface area contributed by atoms with Crippen molar-refractivity contribution in [1.82, 2.24) is 9.88 Å². The molecule has 0 saturated carbocycles. The molecule has 0 radical (unpaired) electrons. The lowest BCUT2D eigenvalue weighted by Crippen LogP contribution is -2.31. The van der Waals surface area contributed by atoms with E-state index in [0.29, 0.717) is 5.56 Å². The van der Waals surface area contributed by atoms with Crippen LogP contribution < -0.4 is 9.64 Å². The number of fused-ring (bicyclic) bond motifs is 2. The second kappa shape index (κ2) is 8.10. The quantitative estimate of drug-likeness (QED) is 0.613. The topological polar surface area (TPSA) is 93.2 Å². The number of amides is 1. The van der Waals surface area contributed by atoms with Crippen LogP contribution in [0.4, 0.5) is 11.5 Å². The fraction of sp³-hybridized carbons (Fsp3) is 0.217. The van der Waals surface area contributed by atoms with E-state index in [0.717, 1.165) is 41.1 Å². The lowest BCUT2D eigenvalue weighted by atomic mass is 10.1. The molecule has 7 nitrogen and oxygen atoms in total. The number of rotatable bonds is 5. The van der Waals surface area contributed by atoms with Gasteiger partial charge in [0.1, 0.15) is 24.7 Å².